The van der Waals surface area contributed by atoms with Crippen molar-refractivity contribution in [3.8, 4) is 11.5 Å². The minimum Gasteiger partial charge on any atom is -0.488 e. The van der Waals surface area contributed by atoms with Crippen molar-refractivity contribution in [2.24, 2.45) is 5.10 Å². The third kappa shape index (κ3) is 6.97. The molecule has 0 aliphatic rings. The fraction of sp³-hybridized carbons (Fsp3) is 0.125. The molecule has 0 bridgehead atoms. The van der Waals surface area contributed by atoms with Crippen molar-refractivity contribution in [3.63, 3.8) is 0 Å². The van der Waals surface area contributed by atoms with E-state index in [-0.39, 0.29) is 18.2 Å². The highest BCUT2D eigenvalue weighted by atomic mass is 35.5. The number of para-hydroxylation sites is 1. The van der Waals surface area contributed by atoms with Gasteiger partial charge in [0.1, 0.15) is 23.1 Å². The molecule has 3 rings (SSSR count). The van der Waals surface area contributed by atoms with Crippen LogP contribution in [0.3, 0.4) is 0 Å². The van der Waals surface area contributed by atoms with Gasteiger partial charge in [-0.2, -0.15) is 5.10 Å². The first-order valence-corrected chi connectivity index (χ1v) is 10.5. The van der Waals surface area contributed by atoms with E-state index in [1.54, 1.807) is 54.6 Å². The predicted molar refractivity (Wildman–Crippen MR) is 126 cm³/mol. The molecule has 0 aliphatic heterocycles. The van der Waals surface area contributed by atoms with Gasteiger partial charge in [-0.15, -0.1) is 0 Å². The zero-order valence-corrected chi connectivity index (χ0v) is 19.1. The minimum absolute atomic E-state index is 0.237. The molecule has 0 radical (unpaired) electrons. The number of nitrogens with one attached hydrogen (secondary N) is 1. The van der Waals surface area contributed by atoms with E-state index in [4.69, 9.17) is 32.7 Å². The molecule has 9 heteroatoms. The second-order valence-corrected chi connectivity index (χ2v) is 7.43. The molecule has 1 amide bonds. The maximum absolute atomic E-state index is 12.0. The number of ether oxygens (including phenoxy) is 3. The number of rotatable bonds is 9. The number of hydrogen-bond donors (Lipinski definition) is 1. The smallest absolute Gasteiger partial charge is 0.337 e. The molecule has 0 aliphatic carbocycles. The van der Waals surface area contributed by atoms with Gasteiger partial charge in [0.2, 0.25) is 0 Å². The van der Waals surface area contributed by atoms with E-state index in [9.17, 15) is 9.59 Å². The Labute approximate surface area is 200 Å². The second kappa shape index (κ2) is 11.9. The van der Waals surface area contributed by atoms with Crippen LogP contribution in [0, 0.1) is 0 Å². The average molecular weight is 487 g/mol. The summed E-state index contributed by atoms with van der Waals surface area (Å²) >= 11 is 11.9. The van der Waals surface area contributed by atoms with Crippen molar-refractivity contribution in [2.45, 2.75) is 6.61 Å². The van der Waals surface area contributed by atoms with E-state index in [1.165, 1.54) is 13.3 Å². The molecule has 0 aromatic heterocycles. The molecule has 0 spiro atoms. The topological polar surface area (TPSA) is 86.2 Å². The van der Waals surface area contributed by atoms with Crippen LogP contribution in [0.15, 0.2) is 71.8 Å². The van der Waals surface area contributed by atoms with E-state index in [2.05, 4.69) is 15.3 Å². The third-order valence-corrected chi connectivity index (χ3v) is 5.16. The Morgan fingerprint density at radius 2 is 1.67 bits per heavy atom. The van der Waals surface area contributed by atoms with Crippen LogP contribution in [0.5, 0.6) is 11.5 Å². The summed E-state index contributed by atoms with van der Waals surface area (Å²) in [5.41, 5.74) is 4.40. The van der Waals surface area contributed by atoms with E-state index < -0.39 is 11.9 Å². The van der Waals surface area contributed by atoms with Gasteiger partial charge in [-0.25, -0.2) is 10.2 Å². The molecule has 0 atom stereocenters. The molecule has 33 heavy (non-hydrogen) atoms. The van der Waals surface area contributed by atoms with Gasteiger partial charge < -0.3 is 14.2 Å². The summed E-state index contributed by atoms with van der Waals surface area (Å²) < 4.78 is 15.9. The van der Waals surface area contributed by atoms with Crippen LogP contribution in [0.4, 0.5) is 0 Å². The van der Waals surface area contributed by atoms with Gasteiger partial charge in [-0.05, 0) is 42.0 Å². The molecular weight excluding hydrogens is 467 g/mol. The molecule has 0 unspecified atom stereocenters. The first kappa shape index (κ1) is 24.1. The quantitative estimate of drug-likeness (QED) is 0.264. The first-order valence-electron chi connectivity index (χ1n) is 9.75. The summed E-state index contributed by atoms with van der Waals surface area (Å²) in [6.07, 6.45) is 1.47. The zero-order chi connectivity index (χ0) is 23.6. The molecule has 3 aromatic rings. The lowest BCUT2D eigenvalue weighted by Gasteiger charge is -2.10. The summed E-state index contributed by atoms with van der Waals surface area (Å²) in [7, 11) is 1.34. The van der Waals surface area contributed by atoms with Crippen molar-refractivity contribution in [2.75, 3.05) is 13.7 Å². The Kier molecular flexibility index (Phi) is 8.69. The molecule has 0 saturated heterocycles. The largest absolute Gasteiger partial charge is 0.488 e. The first-order chi connectivity index (χ1) is 16.0. The van der Waals surface area contributed by atoms with Crippen LogP contribution in [-0.2, 0) is 16.1 Å². The Hall–Kier alpha value is -3.55. The number of carbonyl (C=O) groups is 2. The molecule has 0 fully saturated rings. The molecule has 3 aromatic carbocycles. The Morgan fingerprint density at radius 3 is 2.42 bits per heavy atom. The lowest BCUT2D eigenvalue weighted by atomic mass is 10.1. The number of carbonyl (C=O) groups excluding carboxylic acids is 2. The van der Waals surface area contributed by atoms with Gasteiger partial charge in [0.25, 0.3) is 5.91 Å². The molecule has 7 nitrogen and oxygen atoms in total. The number of hydrogen-bond acceptors (Lipinski definition) is 6. The summed E-state index contributed by atoms with van der Waals surface area (Å²) in [6, 6.07) is 19.1. The van der Waals surface area contributed by atoms with Gasteiger partial charge in [-0.1, -0.05) is 53.5 Å². The highest BCUT2D eigenvalue weighted by Crippen LogP contribution is 2.31. The molecule has 0 heterocycles. The standard InChI is InChI=1S/C24H20Cl2N2O5/c1-31-24(30)17-11-9-16(10-12-17)14-32-20-7-3-2-5-18(20)13-27-28-22(29)15-33-21-8-4-6-19(25)23(21)26/h2-13H,14-15H2,1H3,(H,28,29)/b27-13-. The maximum Gasteiger partial charge on any atom is 0.337 e. The average Bonchev–Trinajstić information content (AvgIpc) is 2.84. The fourth-order valence-corrected chi connectivity index (χ4v) is 3.03. The number of amides is 1. The minimum atomic E-state index is -0.466. The number of benzene rings is 3. The van der Waals surface area contributed by atoms with Crippen LogP contribution in [0.1, 0.15) is 21.5 Å². The van der Waals surface area contributed by atoms with Gasteiger partial charge in [0.15, 0.2) is 6.61 Å². The Morgan fingerprint density at radius 1 is 0.939 bits per heavy atom. The number of halogens is 2. The van der Waals surface area contributed by atoms with Gasteiger partial charge in [-0.3, -0.25) is 4.79 Å². The van der Waals surface area contributed by atoms with Crippen LogP contribution >= 0.6 is 23.2 Å². The van der Waals surface area contributed by atoms with E-state index in [0.717, 1.165) is 5.56 Å². The van der Waals surface area contributed by atoms with Gasteiger partial charge in [0.05, 0.1) is 23.9 Å². The number of hydrazone groups is 1. The highest BCUT2D eigenvalue weighted by molar-refractivity contribution is 6.42. The maximum atomic E-state index is 12.0. The molecule has 170 valence electrons. The zero-order valence-electron chi connectivity index (χ0n) is 17.6. The summed E-state index contributed by atoms with van der Waals surface area (Å²) in [5, 5.41) is 4.53. The van der Waals surface area contributed by atoms with E-state index in [1.807, 2.05) is 12.1 Å². The number of esters is 1. The number of nitrogens with zero attached hydrogens (tertiary/aromatic N) is 1. The lowest BCUT2D eigenvalue weighted by Crippen LogP contribution is -2.24. The van der Waals surface area contributed by atoms with Crippen molar-refractivity contribution >= 4 is 41.3 Å². The van der Waals surface area contributed by atoms with Crippen LogP contribution < -0.4 is 14.9 Å². The van der Waals surface area contributed by atoms with Crippen molar-refractivity contribution in [3.05, 3.63) is 93.5 Å². The predicted octanol–water partition coefficient (Wildman–Crippen LogP) is 4.89. The molecular formula is C24H20Cl2N2O5. The second-order valence-electron chi connectivity index (χ2n) is 6.65. The van der Waals surface area contributed by atoms with Crippen LogP contribution in [0.2, 0.25) is 10.0 Å². The van der Waals surface area contributed by atoms with Gasteiger partial charge >= 0.3 is 5.97 Å². The fourth-order valence-electron chi connectivity index (χ4n) is 2.68. The van der Waals surface area contributed by atoms with E-state index >= 15 is 0 Å². The monoisotopic (exact) mass is 486 g/mol. The molecule has 1 N–H and O–H groups in total. The summed E-state index contributed by atoms with van der Waals surface area (Å²) in [4.78, 5) is 23.5. The normalized spacial score (nSPS) is 10.6. The van der Waals surface area contributed by atoms with Crippen molar-refractivity contribution in [1.29, 1.82) is 0 Å². The van der Waals surface area contributed by atoms with Gasteiger partial charge in [0, 0.05) is 5.56 Å². The summed E-state index contributed by atoms with van der Waals surface area (Å²) in [6.45, 7) is 0.00399. The molecule has 0 saturated carbocycles. The van der Waals surface area contributed by atoms with Crippen molar-refractivity contribution < 1.29 is 23.8 Å². The van der Waals surface area contributed by atoms with Crippen LogP contribution in [-0.4, -0.2) is 31.8 Å². The Balaban J connectivity index is 1.53. The summed E-state index contributed by atoms with van der Waals surface area (Å²) in [5.74, 6) is 0.0229. The Bertz CT molecular complexity index is 1150. The van der Waals surface area contributed by atoms with Crippen LogP contribution in [0.25, 0.3) is 0 Å². The highest BCUT2D eigenvalue weighted by Gasteiger charge is 2.08. The van der Waals surface area contributed by atoms with E-state index in [0.29, 0.717) is 27.6 Å². The third-order valence-electron chi connectivity index (χ3n) is 4.36. The number of methoxy groups -OCH3 is 1. The van der Waals surface area contributed by atoms with Crippen molar-refractivity contribution in [1.82, 2.24) is 5.43 Å². The SMILES string of the molecule is COC(=O)c1ccc(COc2ccccc2/C=N\NC(=O)COc2cccc(Cl)c2Cl)cc1. The lowest BCUT2D eigenvalue weighted by molar-refractivity contribution is -0.123.